The molecule has 9 nitrogen and oxygen atoms in total. The highest BCUT2D eigenvalue weighted by Gasteiger charge is 2.34. The van der Waals surface area contributed by atoms with E-state index in [-0.39, 0.29) is 31.8 Å². The number of rotatable bonds is 7. The molecule has 2 amide bonds. The second-order valence-corrected chi connectivity index (χ2v) is 8.54. The summed E-state index contributed by atoms with van der Waals surface area (Å²) in [5.41, 5.74) is 2.54. The average molecular weight is 491 g/mol. The molecule has 2 aliphatic rings. The molecule has 0 unspecified atom stereocenters. The monoisotopic (exact) mass is 490 g/mol. The van der Waals surface area contributed by atoms with Gasteiger partial charge < -0.3 is 34.3 Å². The fourth-order valence-corrected chi connectivity index (χ4v) is 4.25. The van der Waals surface area contributed by atoms with E-state index in [1.54, 1.807) is 54.5 Å². The summed E-state index contributed by atoms with van der Waals surface area (Å²) >= 11 is 0. The molecule has 186 valence electrons. The molecule has 0 radical (unpaired) electrons. The summed E-state index contributed by atoms with van der Waals surface area (Å²) in [5.74, 6) is 1.39. The number of benzene rings is 3. The molecule has 2 N–H and O–H groups in total. The van der Waals surface area contributed by atoms with Gasteiger partial charge in [0, 0.05) is 17.8 Å². The molecule has 0 spiro atoms. The Bertz CT molecular complexity index is 1240. The van der Waals surface area contributed by atoms with E-state index in [0.717, 1.165) is 11.3 Å². The first-order valence-electron chi connectivity index (χ1n) is 11.5. The fourth-order valence-electron chi connectivity index (χ4n) is 4.25. The number of morpholine rings is 1. The average Bonchev–Trinajstić information content (AvgIpc) is 3.38. The second-order valence-electron chi connectivity index (χ2n) is 8.54. The molecule has 2 atom stereocenters. The number of ether oxygens (including phenoxy) is 4. The molecular formula is C27H26N2O7. The Balaban J connectivity index is 1.26. The van der Waals surface area contributed by atoms with Gasteiger partial charge in [-0.1, -0.05) is 24.3 Å². The van der Waals surface area contributed by atoms with Gasteiger partial charge in [-0.15, -0.1) is 0 Å². The SMILES string of the molecule is COc1ccc(CN2C(=O)COC[C@@H]2[C@H](O)c2ccc(NC(=O)c3ccc4c(c3)OCO4)cc2)cc1. The number of nitrogens with zero attached hydrogens (tertiary/aromatic N) is 1. The van der Waals surface area contributed by atoms with Crippen molar-refractivity contribution in [2.45, 2.75) is 18.7 Å². The maximum Gasteiger partial charge on any atom is 0.255 e. The third-order valence-corrected chi connectivity index (χ3v) is 6.26. The van der Waals surface area contributed by atoms with Gasteiger partial charge in [0.25, 0.3) is 5.91 Å². The standard InChI is InChI=1S/C27H26N2O7/c1-33-21-9-2-17(3-10-21)13-29-22(14-34-15-25(29)30)26(31)18-4-7-20(8-5-18)28-27(32)19-6-11-23-24(12-19)36-16-35-23/h2-12,22,26,31H,13-16H2,1H3,(H,28,32)/t22-,26-/m1/s1. The highest BCUT2D eigenvalue weighted by atomic mass is 16.7. The lowest BCUT2D eigenvalue weighted by Gasteiger charge is -2.38. The van der Waals surface area contributed by atoms with Gasteiger partial charge in [0.2, 0.25) is 12.7 Å². The van der Waals surface area contributed by atoms with Gasteiger partial charge in [-0.05, 0) is 53.6 Å². The molecule has 1 fully saturated rings. The normalized spacial score (nSPS) is 17.6. The number of aliphatic hydroxyl groups excluding tert-OH is 1. The van der Waals surface area contributed by atoms with Gasteiger partial charge in [0.15, 0.2) is 11.5 Å². The van der Waals surface area contributed by atoms with Crippen LogP contribution in [-0.4, -0.2) is 55.0 Å². The lowest BCUT2D eigenvalue weighted by atomic mass is 9.99. The van der Waals surface area contributed by atoms with Crippen LogP contribution in [0.5, 0.6) is 17.2 Å². The van der Waals surface area contributed by atoms with E-state index in [1.807, 2.05) is 24.3 Å². The molecule has 1 saturated heterocycles. The van der Waals surface area contributed by atoms with E-state index in [2.05, 4.69) is 5.32 Å². The van der Waals surface area contributed by atoms with E-state index in [0.29, 0.717) is 34.9 Å². The summed E-state index contributed by atoms with van der Waals surface area (Å²) in [7, 11) is 1.60. The van der Waals surface area contributed by atoms with Crippen LogP contribution in [0.25, 0.3) is 0 Å². The summed E-state index contributed by atoms with van der Waals surface area (Å²) in [6, 6.07) is 18.8. The molecule has 0 aliphatic carbocycles. The maximum atomic E-state index is 12.6. The number of carbonyl (C=O) groups excluding carboxylic acids is 2. The molecule has 2 aliphatic heterocycles. The lowest BCUT2D eigenvalue weighted by molar-refractivity contribution is -0.155. The van der Waals surface area contributed by atoms with Crippen LogP contribution in [0.2, 0.25) is 0 Å². The summed E-state index contributed by atoms with van der Waals surface area (Å²) in [6.45, 7) is 0.673. The van der Waals surface area contributed by atoms with Crippen LogP contribution in [-0.2, 0) is 16.1 Å². The number of methoxy groups -OCH3 is 1. The molecule has 3 aromatic rings. The van der Waals surface area contributed by atoms with E-state index in [1.165, 1.54) is 0 Å². The number of amides is 2. The lowest BCUT2D eigenvalue weighted by Crippen LogP contribution is -2.51. The topological polar surface area (TPSA) is 107 Å². The largest absolute Gasteiger partial charge is 0.497 e. The van der Waals surface area contributed by atoms with Crippen molar-refractivity contribution < 1.29 is 33.6 Å². The molecule has 2 heterocycles. The van der Waals surface area contributed by atoms with Crippen molar-refractivity contribution in [1.82, 2.24) is 4.90 Å². The molecule has 0 bridgehead atoms. The smallest absolute Gasteiger partial charge is 0.255 e. The van der Waals surface area contributed by atoms with Crippen molar-refractivity contribution in [3.63, 3.8) is 0 Å². The Labute approximate surface area is 208 Å². The summed E-state index contributed by atoms with van der Waals surface area (Å²) in [4.78, 5) is 26.9. The number of aliphatic hydroxyl groups is 1. The van der Waals surface area contributed by atoms with Crippen LogP contribution in [0.15, 0.2) is 66.7 Å². The van der Waals surface area contributed by atoms with Gasteiger partial charge in [0.1, 0.15) is 18.5 Å². The van der Waals surface area contributed by atoms with Crippen molar-refractivity contribution in [2.24, 2.45) is 0 Å². The van der Waals surface area contributed by atoms with Gasteiger partial charge in [0.05, 0.1) is 19.8 Å². The molecule has 0 saturated carbocycles. The maximum absolute atomic E-state index is 12.6. The number of fused-ring (bicyclic) bond motifs is 1. The highest BCUT2D eigenvalue weighted by molar-refractivity contribution is 6.04. The fraction of sp³-hybridized carbons (Fsp3) is 0.259. The zero-order valence-corrected chi connectivity index (χ0v) is 19.7. The second kappa shape index (κ2) is 10.3. The Kier molecular flexibility index (Phi) is 6.75. The van der Waals surface area contributed by atoms with E-state index < -0.39 is 12.1 Å². The first kappa shape index (κ1) is 23.7. The first-order chi connectivity index (χ1) is 17.5. The molecule has 5 rings (SSSR count). The van der Waals surface area contributed by atoms with Crippen molar-refractivity contribution in [1.29, 1.82) is 0 Å². The summed E-state index contributed by atoms with van der Waals surface area (Å²) in [5, 5.41) is 14.0. The highest BCUT2D eigenvalue weighted by Crippen LogP contribution is 2.33. The van der Waals surface area contributed by atoms with Crippen LogP contribution in [0, 0.1) is 0 Å². The Morgan fingerprint density at radius 2 is 1.83 bits per heavy atom. The predicted octanol–water partition coefficient (Wildman–Crippen LogP) is 3.14. The van der Waals surface area contributed by atoms with Gasteiger partial charge in [-0.2, -0.15) is 0 Å². The number of hydrogen-bond donors (Lipinski definition) is 2. The van der Waals surface area contributed by atoms with Crippen LogP contribution in [0.3, 0.4) is 0 Å². The molecule has 9 heteroatoms. The summed E-state index contributed by atoms with van der Waals surface area (Å²) in [6.07, 6.45) is -0.967. The zero-order valence-electron chi connectivity index (χ0n) is 19.7. The Hall–Kier alpha value is -4.08. The zero-order chi connectivity index (χ0) is 25.1. The van der Waals surface area contributed by atoms with Gasteiger partial charge >= 0.3 is 0 Å². The van der Waals surface area contributed by atoms with E-state index >= 15 is 0 Å². The van der Waals surface area contributed by atoms with E-state index in [4.69, 9.17) is 18.9 Å². The quantitative estimate of drug-likeness (QED) is 0.524. The number of anilines is 1. The third kappa shape index (κ3) is 4.98. The number of hydrogen-bond acceptors (Lipinski definition) is 7. The molecule has 36 heavy (non-hydrogen) atoms. The number of nitrogens with one attached hydrogen (secondary N) is 1. The Morgan fingerprint density at radius 3 is 2.58 bits per heavy atom. The molecule has 0 aromatic heterocycles. The van der Waals surface area contributed by atoms with Gasteiger partial charge in [-0.25, -0.2) is 0 Å². The van der Waals surface area contributed by atoms with Crippen molar-refractivity contribution >= 4 is 17.5 Å². The van der Waals surface area contributed by atoms with Crippen molar-refractivity contribution in [2.75, 3.05) is 32.4 Å². The Morgan fingerprint density at radius 1 is 1.08 bits per heavy atom. The van der Waals surface area contributed by atoms with Crippen LogP contribution in [0.1, 0.15) is 27.6 Å². The molecule has 3 aromatic carbocycles. The van der Waals surface area contributed by atoms with Crippen molar-refractivity contribution in [3.8, 4) is 17.2 Å². The predicted molar refractivity (Wildman–Crippen MR) is 130 cm³/mol. The number of carbonyl (C=O) groups is 2. The first-order valence-corrected chi connectivity index (χ1v) is 11.5. The molecular weight excluding hydrogens is 464 g/mol. The van der Waals surface area contributed by atoms with Crippen LogP contribution >= 0.6 is 0 Å². The minimum absolute atomic E-state index is 0.0236. The summed E-state index contributed by atoms with van der Waals surface area (Å²) < 4.78 is 21.3. The van der Waals surface area contributed by atoms with Crippen LogP contribution < -0.4 is 19.5 Å². The third-order valence-electron chi connectivity index (χ3n) is 6.26. The minimum Gasteiger partial charge on any atom is -0.497 e. The minimum atomic E-state index is -0.967. The van der Waals surface area contributed by atoms with Crippen LogP contribution in [0.4, 0.5) is 5.69 Å². The van der Waals surface area contributed by atoms with Gasteiger partial charge in [-0.3, -0.25) is 9.59 Å². The van der Waals surface area contributed by atoms with Crippen molar-refractivity contribution in [3.05, 3.63) is 83.4 Å². The van der Waals surface area contributed by atoms with E-state index in [9.17, 15) is 14.7 Å².